The molecule has 1 atom stereocenters. The maximum absolute atomic E-state index is 5.70. The van der Waals surface area contributed by atoms with E-state index >= 15 is 0 Å². The van der Waals surface area contributed by atoms with Crippen LogP contribution in [0.4, 0.5) is 0 Å². The van der Waals surface area contributed by atoms with Crippen LogP contribution in [0.5, 0.6) is 0 Å². The molecule has 0 aromatic rings. The van der Waals surface area contributed by atoms with Crippen molar-refractivity contribution in [2.24, 2.45) is 5.92 Å². The minimum atomic E-state index is 0.138. The van der Waals surface area contributed by atoms with Gasteiger partial charge in [0.15, 0.2) is 0 Å². The fourth-order valence-electron chi connectivity index (χ4n) is 0.647. The number of rotatable bonds is 4. The van der Waals surface area contributed by atoms with Crippen molar-refractivity contribution in [1.82, 2.24) is 0 Å². The lowest BCUT2D eigenvalue weighted by molar-refractivity contribution is 0.664. The molecule has 0 amide bonds. The molecule has 0 heterocycles. The van der Waals surface area contributed by atoms with Crippen LogP contribution in [0, 0.1) is 5.92 Å². The molecule has 0 radical (unpaired) electrons. The van der Waals surface area contributed by atoms with E-state index in [4.69, 9.17) is 11.6 Å². The van der Waals surface area contributed by atoms with Gasteiger partial charge >= 0.3 is 0 Å². The monoisotopic (exact) mass is 172 g/mol. The van der Waals surface area contributed by atoms with Crippen molar-refractivity contribution >= 4 is 11.6 Å². The highest BCUT2D eigenvalue weighted by Crippen LogP contribution is 2.00. The van der Waals surface area contributed by atoms with Gasteiger partial charge in [-0.05, 0) is 19.3 Å². The van der Waals surface area contributed by atoms with Gasteiger partial charge in [-0.15, -0.1) is 11.6 Å². The first-order chi connectivity index (χ1) is 5.13. The Morgan fingerprint density at radius 3 is 2.27 bits per heavy atom. The van der Waals surface area contributed by atoms with Gasteiger partial charge in [0.25, 0.3) is 0 Å². The minimum absolute atomic E-state index is 0.138. The Bertz CT molecular complexity index is 132. The van der Waals surface area contributed by atoms with Gasteiger partial charge in [0.1, 0.15) is 0 Å². The summed E-state index contributed by atoms with van der Waals surface area (Å²) in [5, 5.41) is 0.138. The highest BCUT2D eigenvalue weighted by atomic mass is 35.5. The number of allylic oxidation sites excluding steroid dienone is 4. The molecular weight excluding hydrogens is 156 g/mol. The zero-order valence-electron chi connectivity index (χ0n) is 7.55. The molecule has 0 saturated carbocycles. The first kappa shape index (κ1) is 10.8. The first-order valence-corrected chi connectivity index (χ1v) is 4.54. The summed E-state index contributed by atoms with van der Waals surface area (Å²) >= 11 is 5.70. The van der Waals surface area contributed by atoms with Gasteiger partial charge < -0.3 is 0 Å². The lowest BCUT2D eigenvalue weighted by Gasteiger charge is -1.94. The second-order valence-electron chi connectivity index (χ2n) is 3.12. The number of alkyl halides is 1. The molecule has 0 aliphatic heterocycles. The van der Waals surface area contributed by atoms with E-state index in [-0.39, 0.29) is 5.38 Å². The SMILES string of the molecule is CC(Cl)/C=C\C=C/CC(C)C. The van der Waals surface area contributed by atoms with Crippen LogP contribution in [-0.2, 0) is 0 Å². The number of hydrogen-bond donors (Lipinski definition) is 0. The Balaban J connectivity index is 3.44. The molecule has 0 aliphatic carbocycles. The summed E-state index contributed by atoms with van der Waals surface area (Å²) in [7, 11) is 0. The van der Waals surface area contributed by atoms with Crippen molar-refractivity contribution in [2.45, 2.75) is 32.6 Å². The third kappa shape index (κ3) is 9.77. The van der Waals surface area contributed by atoms with Gasteiger partial charge in [-0.25, -0.2) is 0 Å². The third-order valence-electron chi connectivity index (χ3n) is 1.23. The third-order valence-corrected chi connectivity index (χ3v) is 1.38. The van der Waals surface area contributed by atoms with Crippen LogP contribution in [0.25, 0.3) is 0 Å². The molecule has 0 aromatic heterocycles. The Labute approximate surface area is 74.9 Å². The number of hydrogen-bond acceptors (Lipinski definition) is 0. The minimum Gasteiger partial charge on any atom is -0.119 e. The second-order valence-corrected chi connectivity index (χ2v) is 3.81. The molecule has 1 heteroatoms. The van der Waals surface area contributed by atoms with Gasteiger partial charge in [0.05, 0.1) is 0 Å². The van der Waals surface area contributed by atoms with E-state index in [0.717, 1.165) is 12.3 Å². The maximum Gasteiger partial charge on any atom is 0.0490 e. The molecule has 0 aliphatic rings. The van der Waals surface area contributed by atoms with E-state index in [0.29, 0.717) is 0 Å². The molecule has 64 valence electrons. The van der Waals surface area contributed by atoms with Crippen LogP contribution in [0.15, 0.2) is 24.3 Å². The Kier molecular flexibility index (Phi) is 6.34. The first-order valence-electron chi connectivity index (χ1n) is 4.10. The van der Waals surface area contributed by atoms with Crippen LogP contribution >= 0.6 is 11.6 Å². The van der Waals surface area contributed by atoms with E-state index < -0.39 is 0 Å². The molecule has 0 bridgehead atoms. The highest BCUT2D eigenvalue weighted by molar-refractivity contribution is 6.21. The second kappa shape index (κ2) is 6.48. The summed E-state index contributed by atoms with van der Waals surface area (Å²) in [6, 6.07) is 0. The Hall–Kier alpha value is -0.230. The van der Waals surface area contributed by atoms with E-state index in [1.807, 2.05) is 19.1 Å². The van der Waals surface area contributed by atoms with E-state index in [2.05, 4.69) is 26.0 Å². The van der Waals surface area contributed by atoms with Crippen LogP contribution in [0.2, 0.25) is 0 Å². The van der Waals surface area contributed by atoms with E-state index in [1.165, 1.54) is 0 Å². The number of halogens is 1. The molecule has 0 saturated heterocycles. The molecule has 0 spiro atoms. The lowest BCUT2D eigenvalue weighted by atomic mass is 10.1. The van der Waals surface area contributed by atoms with Gasteiger partial charge in [-0.3, -0.25) is 0 Å². The van der Waals surface area contributed by atoms with E-state index in [9.17, 15) is 0 Å². The van der Waals surface area contributed by atoms with Crippen LogP contribution < -0.4 is 0 Å². The average Bonchev–Trinajstić information content (AvgIpc) is 1.85. The Morgan fingerprint density at radius 1 is 1.18 bits per heavy atom. The van der Waals surface area contributed by atoms with Crippen molar-refractivity contribution in [1.29, 1.82) is 0 Å². The average molecular weight is 173 g/mol. The maximum atomic E-state index is 5.70. The summed E-state index contributed by atoms with van der Waals surface area (Å²) < 4.78 is 0. The molecule has 0 aromatic carbocycles. The van der Waals surface area contributed by atoms with Gasteiger partial charge in [-0.2, -0.15) is 0 Å². The lowest BCUT2D eigenvalue weighted by Crippen LogP contribution is -1.81. The summed E-state index contributed by atoms with van der Waals surface area (Å²) in [4.78, 5) is 0. The largest absolute Gasteiger partial charge is 0.119 e. The molecule has 0 fully saturated rings. The zero-order valence-corrected chi connectivity index (χ0v) is 8.31. The predicted octanol–water partition coefficient (Wildman–Crippen LogP) is 3.77. The molecule has 0 nitrogen and oxygen atoms in total. The zero-order chi connectivity index (χ0) is 8.69. The van der Waals surface area contributed by atoms with Crippen molar-refractivity contribution in [3.63, 3.8) is 0 Å². The van der Waals surface area contributed by atoms with Crippen molar-refractivity contribution < 1.29 is 0 Å². The summed E-state index contributed by atoms with van der Waals surface area (Å²) in [6.45, 7) is 6.37. The van der Waals surface area contributed by atoms with Crippen LogP contribution in [-0.4, -0.2) is 5.38 Å². The quantitative estimate of drug-likeness (QED) is 0.448. The van der Waals surface area contributed by atoms with Crippen molar-refractivity contribution in [2.75, 3.05) is 0 Å². The van der Waals surface area contributed by atoms with Crippen LogP contribution in [0.3, 0.4) is 0 Å². The van der Waals surface area contributed by atoms with Gasteiger partial charge in [0, 0.05) is 5.38 Å². The molecule has 1 unspecified atom stereocenters. The van der Waals surface area contributed by atoms with Crippen molar-refractivity contribution in [3.05, 3.63) is 24.3 Å². The fourth-order valence-corrected chi connectivity index (χ4v) is 0.731. The molecule has 0 N–H and O–H groups in total. The van der Waals surface area contributed by atoms with Gasteiger partial charge in [0.2, 0.25) is 0 Å². The molecule has 11 heavy (non-hydrogen) atoms. The smallest absolute Gasteiger partial charge is 0.0490 e. The summed E-state index contributed by atoms with van der Waals surface area (Å²) in [5.74, 6) is 0.744. The van der Waals surface area contributed by atoms with Crippen LogP contribution in [0.1, 0.15) is 27.2 Å². The fraction of sp³-hybridized carbons (Fsp3) is 0.600. The highest BCUT2D eigenvalue weighted by Gasteiger charge is 1.86. The van der Waals surface area contributed by atoms with Gasteiger partial charge in [-0.1, -0.05) is 38.2 Å². The standard InChI is InChI=1S/C10H17Cl/c1-9(2)7-5-4-6-8-10(3)11/h4-6,8-10H,7H2,1-3H3/b5-4-,8-6-. The normalized spacial score (nSPS) is 15.4. The predicted molar refractivity (Wildman–Crippen MR) is 53.1 cm³/mol. The Morgan fingerprint density at radius 2 is 1.82 bits per heavy atom. The summed E-state index contributed by atoms with van der Waals surface area (Å²) in [6.07, 6.45) is 9.33. The van der Waals surface area contributed by atoms with E-state index in [1.54, 1.807) is 0 Å². The molecule has 0 rings (SSSR count). The molecular formula is C10H17Cl. The topological polar surface area (TPSA) is 0 Å². The van der Waals surface area contributed by atoms with Crippen molar-refractivity contribution in [3.8, 4) is 0 Å². The summed E-state index contributed by atoms with van der Waals surface area (Å²) in [5.41, 5.74) is 0.